The second kappa shape index (κ2) is 20.2. The van der Waals surface area contributed by atoms with Crippen molar-refractivity contribution in [2.45, 2.75) is 136 Å². The number of aromatic nitrogens is 4. The number of rotatable bonds is 11. The quantitative estimate of drug-likeness (QED) is 0.0956. The normalized spacial score (nSPS) is 12.8. The second-order valence-electron chi connectivity index (χ2n) is 25.5. The zero-order valence-electron chi connectivity index (χ0n) is 47.8. The van der Waals surface area contributed by atoms with Crippen LogP contribution >= 0.6 is 0 Å². The molecule has 0 aliphatic heterocycles. The Balaban J connectivity index is 0.00000722. The van der Waals surface area contributed by atoms with Crippen molar-refractivity contribution in [1.82, 2.24) is 14.1 Å². The van der Waals surface area contributed by atoms with Gasteiger partial charge in [-0.15, -0.1) is 29.8 Å². The molecule has 0 saturated heterocycles. The number of benzene rings is 7. The van der Waals surface area contributed by atoms with Crippen LogP contribution in [0.5, 0.6) is 11.5 Å². The molecular weight excluding hydrogens is 1120 g/mol. The molecule has 0 saturated carbocycles. The fourth-order valence-electron chi connectivity index (χ4n) is 11.1. The molecule has 77 heavy (non-hydrogen) atoms. The van der Waals surface area contributed by atoms with Crippen molar-refractivity contribution in [3.63, 3.8) is 0 Å². The molecule has 0 radical (unpaired) electrons. The fraction of sp³-hybridized carbons (Fsp3) is 0.296. The van der Waals surface area contributed by atoms with Gasteiger partial charge in [-0.1, -0.05) is 236 Å². The summed E-state index contributed by atoms with van der Waals surface area (Å²) in [5, 5.41) is 2.26. The van der Waals surface area contributed by atoms with Crippen LogP contribution in [0, 0.1) is 18.5 Å². The summed E-state index contributed by atoms with van der Waals surface area (Å²) in [7, 11) is 0. The summed E-state index contributed by atoms with van der Waals surface area (Å²) in [4.78, 5) is 5.06. The minimum atomic E-state index is -0.527. The van der Waals surface area contributed by atoms with Gasteiger partial charge in [-0.05, 0) is 90.9 Å². The van der Waals surface area contributed by atoms with E-state index in [0.717, 1.165) is 61.5 Å². The first-order valence-electron chi connectivity index (χ1n) is 27.0. The van der Waals surface area contributed by atoms with Crippen molar-refractivity contribution in [1.29, 1.82) is 0 Å². The van der Waals surface area contributed by atoms with E-state index in [4.69, 9.17) is 9.72 Å². The third-order valence-electron chi connectivity index (χ3n) is 15.8. The molecular formula is C71H74N4OPt-2. The third kappa shape index (κ3) is 10.3. The Kier molecular flexibility index (Phi) is 14.4. The molecule has 0 N–H and O–H groups in total. The van der Waals surface area contributed by atoms with Crippen molar-refractivity contribution < 1.29 is 30.4 Å². The Hall–Kier alpha value is -6.81. The molecule has 7 aromatic carbocycles. The van der Waals surface area contributed by atoms with Crippen LogP contribution in [0.3, 0.4) is 0 Å². The molecule has 0 spiro atoms. The molecule has 0 amide bonds. The van der Waals surface area contributed by atoms with Gasteiger partial charge in [-0.3, -0.25) is 4.57 Å². The minimum absolute atomic E-state index is 0. The largest absolute Gasteiger partial charge is 0.510 e. The van der Waals surface area contributed by atoms with Crippen LogP contribution in [-0.4, -0.2) is 14.1 Å². The maximum absolute atomic E-state index is 7.36. The number of ether oxygens (including phenoxy) is 1. The van der Waals surface area contributed by atoms with Gasteiger partial charge in [0, 0.05) is 55.1 Å². The van der Waals surface area contributed by atoms with Gasteiger partial charge in [0.1, 0.15) is 5.82 Å². The summed E-state index contributed by atoms with van der Waals surface area (Å²) in [5.74, 6) is 2.02. The van der Waals surface area contributed by atoms with E-state index in [9.17, 15) is 0 Å². The summed E-state index contributed by atoms with van der Waals surface area (Å²) in [6, 6.07) is 69.0. The predicted octanol–water partition coefficient (Wildman–Crippen LogP) is 17.3. The number of hydrogen-bond donors (Lipinski definition) is 0. The number of hydrogen-bond acceptors (Lipinski definition) is 2. The maximum Gasteiger partial charge on any atom is 0.267 e. The van der Waals surface area contributed by atoms with Gasteiger partial charge >= 0.3 is 0 Å². The molecule has 6 heteroatoms. The van der Waals surface area contributed by atoms with Gasteiger partial charge in [0.2, 0.25) is 0 Å². The van der Waals surface area contributed by atoms with Crippen molar-refractivity contribution in [3.05, 3.63) is 245 Å². The summed E-state index contributed by atoms with van der Waals surface area (Å²) in [5.41, 5.74) is 12.5. The van der Waals surface area contributed by atoms with E-state index in [-0.39, 0.29) is 37.3 Å². The Morgan fingerprint density at radius 1 is 0.468 bits per heavy atom. The first kappa shape index (κ1) is 55.0. The van der Waals surface area contributed by atoms with Crippen molar-refractivity contribution >= 4 is 21.8 Å². The fourth-order valence-corrected chi connectivity index (χ4v) is 11.1. The maximum atomic E-state index is 7.36. The average Bonchev–Trinajstić information content (AvgIpc) is 4.10. The number of pyridine rings is 1. The molecule has 0 unspecified atom stereocenters. The summed E-state index contributed by atoms with van der Waals surface area (Å²) in [6.07, 6.45) is 5.97. The molecule has 10 rings (SSSR count). The topological polar surface area (TPSA) is 35.9 Å². The first-order chi connectivity index (χ1) is 35.8. The number of imidazole rings is 1. The minimum Gasteiger partial charge on any atom is -0.510 e. The Morgan fingerprint density at radius 3 is 1.58 bits per heavy atom. The Labute approximate surface area is 473 Å². The standard InChI is InChI=1S/C71H74N4O.Pt/c1-66(2,3)51-34-27-35-54(40-51)73-47-74(65(71(14,15)50-32-23-18-24-33-50)64(73)70(12,13)49-30-21-17-22-31-49)55-41-53(68(7,8)9)42-56(44-55)76-57-45-59(69(10,11)48-28-19-16-20-29-48)63-58-36-25-26-37-60(58)75(61(63)46-57)62-43-52(38-39-72-62)67(4,5)6;/h16-43,45H,1-15H3;/q-2;. The molecule has 0 aliphatic carbocycles. The van der Waals surface area contributed by atoms with E-state index in [1.165, 1.54) is 27.8 Å². The number of fused-ring (bicyclic) bond motifs is 3. The van der Waals surface area contributed by atoms with Gasteiger partial charge < -0.3 is 13.9 Å². The van der Waals surface area contributed by atoms with Gasteiger partial charge in [0.25, 0.3) is 6.33 Å². The van der Waals surface area contributed by atoms with E-state index >= 15 is 0 Å². The predicted molar refractivity (Wildman–Crippen MR) is 314 cm³/mol. The summed E-state index contributed by atoms with van der Waals surface area (Å²) < 4.78 is 14.2. The van der Waals surface area contributed by atoms with Gasteiger partial charge in [0.15, 0.2) is 0 Å². The Morgan fingerprint density at radius 2 is 0.987 bits per heavy atom. The molecule has 5 nitrogen and oxygen atoms in total. The smallest absolute Gasteiger partial charge is 0.267 e. The molecule has 10 aromatic rings. The van der Waals surface area contributed by atoms with Crippen LogP contribution in [0.2, 0.25) is 0 Å². The second-order valence-corrected chi connectivity index (χ2v) is 25.5. The monoisotopic (exact) mass is 1190 g/mol. The van der Waals surface area contributed by atoms with Gasteiger partial charge in [-0.25, -0.2) is 4.98 Å². The van der Waals surface area contributed by atoms with Gasteiger partial charge in [-0.2, -0.15) is 11.6 Å². The van der Waals surface area contributed by atoms with E-state index in [1.807, 2.05) is 6.20 Å². The van der Waals surface area contributed by atoms with Crippen molar-refractivity contribution in [3.8, 4) is 28.7 Å². The molecule has 3 heterocycles. The average molecular weight is 1190 g/mol. The van der Waals surface area contributed by atoms with Crippen LogP contribution in [-0.2, 0) is 53.6 Å². The number of para-hydroxylation sites is 1. The van der Waals surface area contributed by atoms with Crippen LogP contribution in [0.1, 0.15) is 154 Å². The Bertz CT molecular complexity index is 3750. The van der Waals surface area contributed by atoms with E-state index in [2.05, 4.69) is 306 Å². The molecule has 0 bridgehead atoms. The zero-order chi connectivity index (χ0) is 54.2. The molecule has 3 aromatic heterocycles. The number of nitrogens with zero attached hydrogens (tertiary/aromatic N) is 4. The third-order valence-corrected chi connectivity index (χ3v) is 15.8. The van der Waals surface area contributed by atoms with Crippen LogP contribution in [0.15, 0.2) is 176 Å². The first-order valence-corrected chi connectivity index (χ1v) is 27.0. The molecule has 0 aliphatic rings. The van der Waals surface area contributed by atoms with E-state index < -0.39 is 16.2 Å². The van der Waals surface area contributed by atoms with Crippen LogP contribution in [0.4, 0.5) is 0 Å². The van der Waals surface area contributed by atoms with E-state index in [1.54, 1.807) is 0 Å². The summed E-state index contributed by atoms with van der Waals surface area (Å²) >= 11 is 0. The van der Waals surface area contributed by atoms with Gasteiger partial charge in [0.05, 0.1) is 17.1 Å². The zero-order valence-corrected chi connectivity index (χ0v) is 50.0. The molecule has 0 atom stereocenters. The molecule has 396 valence electrons. The van der Waals surface area contributed by atoms with Crippen molar-refractivity contribution in [2.24, 2.45) is 0 Å². The van der Waals surface area contributed by atoms with E-state index in [0.29, 0.717) is 11.5 Å². The van der Waals surface area contributed by atoms with Crippen molar-refractivity contribution in [2.75, 3.05) is 0 Å². The van der Waals surface area contributed by atoms with Crippen LogP contribution in [0.25, 0.3) is 39.0 Å². The molecule has 0 fully saturated rings. The SMILES string of the molecule is CC(C)(C)c1cc(Oc2[c-]c3c(c(C(C)(C)c4ccccc4)c2)c2ccccc2n3-c2cc(C(C)(C)C)ccn2)[c-]c(-n2[c-][n+](-c3cccc(C(C)(C)C)c3)c(C(C)(C)c3ccccc3)c2C(C)(C)c2ccccc2)c1.[Pt]. The summed E-state index contributed by atoms with van der Waals surface area (Å²) in [6.45, 7) is 34.4. The van der Waals surface area contributed by atoms with Crippen LogP contribution < -0.4 is 9.30 Å².